The maximum Gasteiger partial charge on any atom is 0.300 e. The van der Waals surface area contributed by atoms with Crippen LogP contribution in [0.25, 0.3) is 5.76 Å². The minimum Gasteiger partial charge on any atom is -0.508 e. The SMILES string of the molecule is Cc1ccc(C(O)=C2C(=O)C(=O)N(c3cccnc3)[C@@H]2c2ccc(O)cc2)cc1. The lowest BCUT2D eigenvalue weighted by atomic mass is 9.95. The number of carbonyl (C=O) groups is 2. The molecule has 2 heterocycles. The fourth-order valence-corrected chi connectivity index (χ4v) is 3.43. The first-order valence-corrected chi connectivity index (χ1v) is 9.04. The number of ketones is 1. The predicted molar refractivity (Wildman–Crippen MR) is 108 cm³/mol. The van der Waals surface area contributed by atoms with Crippen molar-refractivity contribution in [2.75, 3.05) is 4.90 Å². The van der Waals surface area contributed by atoms with Crippen molar-refractivity contribution in [3.63, 3.8) is 0 Å². The molecule has 0 unspecified atom stereocenters. The number of phenols is 1. The standard InChI is InChI=1S/C23H18N2O4/c1-14-4-6-16(7-5-14)21(27)19-20(15-8-10-18(26)11-9-15)25(23(29)22(19)28)17-3-2-12-24-13-17/h2-13,20,26-27H,1H3/t20-/m1/s1. The van der Waals surface area contributed by atoms with E-state index in [1.807, 2.05) is 19.1 Å². The highest BCUT2D eigenvalue weighted by atomic mass is 16.3. The van der Waals surface area contributed by atoms with Crippen LogP contribution in [0.2, 0.25) is 0 Å². The molecule has 1 fully saturated rings. The van der Waals surface area contributed by atoms with Crippen molar-refractivity contribution in [3.05, 3.63) is 95.3 Å². The molecule has 2 N–H and O–H groups in total. The Bertz CT molecular complexity index is 1100. The van der Waals surface area contributed by atoms with E-state index < -0.39 is 17.7 Å². The maximum atomic E-state index is 12.9. The molecule has 29 heavy (non-hydrogen) atoms. The lowest BCUT2D eigenvalue weighted by molar-refractivity contribution is -0.132. The summed E-state index contributed by atoms with van der Waals surface area (Å²) in [6, 6.07) is 15.8. The topological polar surface area (TPSA) is 90.7 Å². The molecule has 2 aromatic carbocycles. The minimum atomic E-state index is -0.846. The highest BCUT2D eigenvalue weighted by Crippen LogP contribution is 2.42. The van der Waals surface area contributed by atoms with E-state index in [4.69, 9.17) is 0 Å². The number of Topliss-reactive ketones (excluding diaryl/α,β-unsaturated/α-hetero) is 1. The molecule has 1 amide bonds. The molecule has 0 aliphatic carbocycles. The third-order valence-electron chi connectivity index (χ3n) is 4.90. The second kappa shape index (κ2) is 7.24. The van der Waals surface area contributed by atoms with Crippen LogP contribution in [-0.2, 0) is 9.59 Å². The molecule has 3 aromatic rings. The van der Waals surface area contributed by atoms with Crippen LogP contribution in [-0.4, -0.2) is 26.9 Å². The average Bonchev–Trinajstić information content (AvgIpc) is 3.00. The molecule has 1 aromatic heterocycles. The number of hydrogen-bond donors (Lipinski definition) is 2. The Morgan fingerprint density at radius 2 is 1.69 bits per heavy atom. The number of aliphatic hydroxyl groups excluding tert-OH is 1. The first-order valence-electron chi connectivity index (χ1n) is 9.04. The maximum absolute atomic E-state index is 12.9. The van der Waals surface area contributed by atoms with Crippen LogP contribution in [0.4, 0.5) is 5.69 Å². The Morgan fingerprint density at radius 1 is 1.00 bits per heavy atom. The molecule has 1 saturated heterocycles. The number of aliphatic hydroxyl groups is 1. The number of benzene rings is 2. The van der Waals surface area contributed by atoms with Gasteiger partial charge in [0.05, 0.1) is 23.5 Å². The van der Waals surface area contributed by atoms with Crippen LogP contribution in [0, 0.1) is 6.92 Å². The summed E-state index contributed by atoms with van der Waals surface area (Å²) < 4.78 is 0. The molecule has 0 bridgehead atoms. The Labute approximate surface area is 167 Å². The van der Waals surface area contributed by atoms with Crippen LogP contribution in [0.15, 0.2) is 78.6 Å². The zero-order valence-corrected chi connectivity index (χ0v) is 15.6. The molecule has 1 aliphatic rings. The molecular formula is C23H18N2O4. The molecule has 0 radical (unpaired) electrons. The summed E-state index contributed by atoms with van der Waals surface area (Å²) in [5.41, 5.74) is 2.47. The summed E-state index contributed by atoms with van der Waals surface area (Å²) in [4.78, 5) is 31.2. The first-order chi connectivity index (χ1) is 14.0. The summed E-state index contributed by atoms with van der Waals surface area (Å²) in [5, 5.41) is 20.6. The van der Waals surface area contributed by atoms with Gasteiger partial charge in [-0.2, -0.15) is 0 Å². The van der Waals surface area contributed by atoms with E-state index in [-0.39, 0.29) is 17.1 Å². The third-order valence-corrected chi connectivity index (χ3v) is 4.90. The van der Waals surface area contributed by atoms with Gasteiger partial charge in [0, 0.05) is 11.8 Å². The van der Waals surface area contributed by atoms with Crippen molar-refractivity contribution in [1.29, 1.82) is 0 Å². The second-order valence-electron chi connectivity index (χ2n) is 6.84. The molecule has 1 aliphatic heterocycles. The van der Waals surface area contributed by atoms with Gasteiger partial charge in [0.15, 0.2) is 0 Å². The van der Waals surface area contributed by atoms with E-state index in [0.29, 0.717) is 16.8 Å². The lowest BCUT2D eigenvalue weighted by Crippen LogP contribution is -2.29. The molecular weight excluding hydrogens is 368 g/mol. The quantitative estimate of drug-likeness (QED) is 0.407. The zero-order chi connectivity index (χ0) is 20.5. The molecule has 6 heteroatoms. The fourth-order valence-electron chi connectivity index (χ4n) is 3.43. The third kappa shape index (κ3) is 3.25. The van der Waals surface area contributed by atoms with Crippen molar-refractivity contribution in [3.8, 4) is 5.75 Å². The average molecular weight is 386 g/mol. The summed E-state index contributed by atoms with van der Waals surface area (Å²) >= 11 is 0. The number of anilines is 1. The number of aromatic nitrogens is 1. The van der Waals surface area contributed by atoms with Crippen LogP contribution in [0.3, 0.4) is 0 Å². The van der Waals surface area contributed by atoms with E-state index in [0.717, 1.165) is 5.56 Å². The van der Waals surface area contributed by atoms with E-state index in [2.05, 4.69) is 4.98 Å². The van der Waals surface area contributed by atoms with Gasteiger partial charge >= 0.3 is 0 Å². The first kappa shape index (κ1) is 18.4. The van der Waals surface area contributed by atoms with Gasteiger partial charge in [-0.3, -0.25) is 19.5 Å². The monoisotopic (exact) mass is 386 g/mol. The number of carbonyl (C=O) groups excluding carboxylic acids is 2. The predicted octanol–water partition coefficient (Wildman–Crippen LogP) is 3.72. The van der Waals surface area contributed by atoms with E-state index >= 15 is 0 Å². The molecule has 1 atom stereocenters. The highest BCUT2D eigenvalue weighted by Gasteiger charge is 2.47. The van der Waals surface area contributed by atoms with Crippen molar-refractivity contribution in [2.45, 2.75) is 13.0 Å². The van der Waals surface area contributed by atoms with Gasteiger partial charge in [0.2, 0.25) is 0 Å². The smallest absolute Gasteiger partial charge is 0.300 e. The van der Waals surface area contributed by atoms with Crippen LogP contribution < -0.4 is 4.90 Å². The van der Waals surface area contributed by atoms with E-state index in [1.54, 1.807) is 42.6 Å². The lowest BCUT2D eigenvalue weighted by Gasteiger charge is -2.25. The fraction of sp³-hybridized carbons (Fsp3) is 0.0870. The van der Waals surface area contributed by atoms with Gasteiger partial charge in [-0.15, -0.1) is 0 Å². The summed E-state index contributed by atoms with van der Waals surface area (Å²) in [5.74, 6) is -1.70. The zero-order valence-electron chi connectivity index (χ0n) is 15.6. The molecule has 0 saturated carbocycles. The molecule has 144 valence electrons. The Hall–Kier alpha value is -3.93. The summed E-state index contributed by atoms with van der Waals surface area (Å²) in [6.07, 6.45) is 3.06. The van der Waals surface area contributed by atoms with Crippen molar-refractivity contribution in [1.82, 2.24) is 4.98 Å². The van der Waals surface area contributed by atoms with Gasteiger partial charge in [-0.05, 0) is 36.8 Å². The van der Waals surface area contributed by atoms with Crippen LogP contribution in [0.1, 0.15) is 22.7 Å². The molecule has 0 spiro atoms. The highest BCUT2D eigenvalue weighted by molar-refractivity contribution is 6.51. The number of hydrogen-bond acceptors (Lipinski definition) is 5. The molecule has 4 rings (SSSR count). The Morgan fingerprint density at radius 3 is 2.31 bits per heavy atom. The second-order valence-corrected chi connectivity index (χ2v) is 6.84. The summed E-state index contributed by atoms with van der Waals surface area (Å²) in [6.45, 7) is 1.92. The Balaban J connectivity index is 1.94. The van der Waals surface area contributed by atoms with Gasteiger partial charge in [0.25, 0.3) is 11.7 Å². The van der Waals surface area contributed by atoms with Crippen LogP contribution >= 0.6 is 0 Å². The summed E-state index contributed by atoms with van der Waals surface area (Å²) in [7, 11) is 0. The van der Waals surface area contributed by atoms with Gasteiger partial charge in [-0.25, -0.2) is 0 Å². The number of phenolic OH excluding ortho intramolecular Hbond substituents is 1. The van der Waals surface area contributed by atoms with Crippen molar-refractivity contribution < 1.29 is 19.8 Å². The van der Waals surface area contributed by atoms with Gasteiger partial charge < -0.3 is 10.2 Å². The number of aromatic hydroxyl groups is 1. The van der Waals surface area contributed by atoms with E-state index in [1.165, 1.54) is 23.2 Å². The van der Waals surface area contributed by atoms with Crippen molar-refractivity contribution >= 4 is 23.1 Å². The number of aryl methyl sites for hydroxylation is 1. The van der Waals surface area contributed by atoms with E-state index in [9.17, 15) is 19.8 Å². The number of pyridine rings is 1. The number of amides is 1. The van der Waals surface area contributed by atoms with Gasteiger partial charge in [-0.1, -0.05) is 42.0 Å². The number of rotatable bonds is 3. The van der Waals surface area contributed by atoms with Crippen LogP contribution in [0.5, 0.6) is 5.75 Å². The molecule has 6 nitrogen and oxygen atoms in total. The van der Waals surface area contributed by atoms with Gasteiger partial charge in [0.1, 0.15) is 11.5 Å². The minimum absolute atomic E-state index is 0.00611. The van der Waals surface area contributed by atoms with Crippen molar-refractivity contribution in [2.24, 2.45) is 0 Å². The largest absolute Gasteiger partial charge is 0.508 e. The Kier molecular flexibility index (Phi) is 4.60. The number of nitrogens with zero attached hydrogens (tertiary/aromatic N) is 2. The normalized spacial score (nSPS) is 18.2.